The van der Waals surface area contributed by atoms with Gasteiger partial charge < -0.3 is 4.74 Å². The summed E-state index contributed by atoms with van der Waals surface area (Å²) in [6.07, 6.45) is 0. The van der Waals surface area contributed by atoms with Gasteiger partial charge in [-0.15, -0.1) is 11.6 Å². The Balaban J connectivity index is 1.91. The van der Waals surface area contributed by atoms with Gasteiger partial charge in [-0.25, -0.2) is 0 Å². The lowest BCUT2D eigenvalue weighted by molar-refractivity contribution is 0.0379. The van der Waals surface area contributed by atoms with Crippen LogP contribution in [0.4, 0.5) is 0 Å². The molecule has 0 radical (unpaired) electrons. The maximum absolute atomic E-state index is 6.39. The minimum atomic E-state index is 0.0613. The zero-order valence-electron chi connectivity index (χ0n) is 9.03. The second-order valence-corrected chi connectivity index (χ2v) is 5.37. The van der Waals surface area contributed by atoms with Crippen LogP contribution >= 0.6 is 27.5 Å². The minimum absolute atomic E-state index is 0.0613. The number of nitrogens with zero attached hydrogens (tertiary/aromatic N) is 1. The van der Waals surface area contributed by atoms with E-state index in [1.54, 1.807) is 0 Å². The zero-order valence-corrected chi connectivity index (χ0v) is 11.4. The molecule has 0 aliphatic carbocycles. The Morgan fingerprint density at radius 1 is 1.25 bits per heavy atom. The van der Waals surface area contributed by atoms with E-state index in [1.165, 1.54) is 5.56 Å². The van der Waals surface area contributed by atoms with Crippen molar-refractivity contribution in [3.8, 4) is 0 Å². The Bertz CT molecular complexity index is 324. The van der Waals surface area contributed by atoms with Crippen LogP contribution in [0.2, 0.25) is 0 Å². The van der Waals surface area contributed by atoms with Gasteiger partial charge in [0.25, 0.3) is 0 Å². The van der Waals surface area contributed by atoms with Gasteiger partial charge in [-0.2, -0.15) is 0 Å². The smallest absolute Gasteiger partial charge is 0.0712 e. The number of alkyl halides is 1. The molecule has 0 unspecified atom stereocenters. The number of rotatable bonds is 3. The first-order chi connectivity index (χ1) is 7.75. The fourth-order valence-corrected chi connectivity index (χ4v) is 2.39. The van der Waals surface area contributed by atoms with Crippen LogP contribution in [0.25, 0.3) is 0 Å². The molecule has 88 valence electrons. The van der Waals surface area contributed by atoms with Crippen LogP contribution in [0, 0.1) is 0 Å². The fraction of sp³-hybridized carbons (Fsp3) is 0.500. The van der Waals surface area contributed by atoms with E-state index in [0.717, 1.165) is 37.3 Å². The number of ether oxygens (including phenoxy) is 1. The van der Waals surface area contributed by atoms with Gasteiger partial charge in [-0.05, 0) is 17.7 Å². The van der Waals surface area contributed by atoms with Crippen LogP contribution < -0.4 is 0 Å². The summed E-state index contributed by atoms with van der Waals surface area (Å²) >= 11 is 9.82. The van der Waals surface area contributed by atoms with E-state index in [9.17, 15) is 0 Å². The van der Waals surface area contributed by atoms with E-state index in [0.29, 0.717) is 0 Å². The van der Waals surface area contributed by atoms with Crippen molar-refractivity contribution in [2.45, 2.75) is 5.38 Å². The number of halogens is 2. The van der Waals surface area contributed by atoms with Crippen LogP contribution in [0.3, 0.4) is 0 Å². The molecule has 0 saturated carbocycles. The van der Waals surface area contributed by atoms with E-state index in [-0.39, 0.29) is 5.38 Å². The monoisotopic (exact) mass is 303 g/mol. The summed E-state index contributed by atoms with van der Waals surface area (Å²) in [4.78, 5) is 2.35. The molecule has 1 heterocycles. The van der Waals surface area contributed by atoms with Gasteiger partial charge in [0, 0.05) is 24.1 Å². The predicted molar refractivity (Wildman–Crippen MR) is 70.0 cm³/mol. The van der Waals surface area contributed by atoms with Crippen LogP contribution in [-0.4, -0.2) is 37.7 Å². The molecule has 2 nitrogen and oxygen atoms in total. The molecule has 0 N–H and O–H groups in total. The molecule has 1 aliphatic heterocycles. The molecule has 16 heavy (non-hydrogen) atoms. The Morgan fingerprint density at radius 2 is 1.88 bits per heavy atom. The van der Waals surface area contributed by atoms with Crippen molar-refractivity contribution in [3.63, 3.8) is 0 Å². The molecule has 1 aliphatic rings. The van der Waals surface area contributed by atoms with E-state index in [1.807, 2.05) is 12.1 Å². The first-order valence-corrected chi connectivity index (χ1v) is 6.68. The quantitative estimate of drug-likeness (QED) is 0.796. The maximum atomic E-state index is 6.39. The van der Waals surface area contributed by atoms with Crippen molar-refractivity contribution in [1.29, 1.82) is 0 Å². The molecule has 0 amide bonds. The van der Waals surface area contributed by atoms with Crippen molar-refractivity contribution >= 4 is 27.5 Å². The third-order valence-corrected chi connectivity index (χ3v) is 3.67. The average Bonchev–Trinajstić information content (AvgIpc) is 2.31. The average molecular weight is 305 g/mol. The fourth-order valence-electron chi connectivity index (χ4n) is 1.79. The highest BCUT2D eigenvalue weighted by molar-refractivity contribution is 9.10. The van der Waals surface area contributed by atoms with Gasteiger partial charge in [0.15, 0.2) is 0 Å². The molecule has 1 atom stereocenters. The molecule has 1 aromatic rings. The van der Waals surface area contributed by atoms with Gasteiger partial charge in [0.05, 0.1) is 18.6 Å². The number of benzene rings is 1. The van der Waals surface area contributed by atoms with Crippen LogP contribution in [-0.2, 0) is 4.74 Å². The molecular weight excluding hydrogens is 289 g/mol. The van der Waals surface area contributed by atoms with Crippen molar-refractivity contribution in [2.24, 2.45) is 0 Å². The number of hydrogen-bond acceptors (Lipinski definition) is 2. The lowest BCUT2D eigenvalue weighted by Crippen LogP contribution is -2.38. The standard InChI is InChI=1S/C12H15BrClNO/c13-11-3-1-10(2-4-11)12(14)9-15-5-7-16-8-6-15/h1-4,12H,5-9H2/t12-/m1/s1. The van der Waals surface area contributed by atoms with Crippen molar-refractivity contribution in [3.05, 3.63) is 34.3 Å². The third-order valence-electron chi connectivity index (χ3n) is 2.75. The largest absolute Gasteiger partial charge is 0.379 e. The lowest BCUT2D eigenvalue weighted by atomic mass is 10.1. The van der Waals surface area contributed by atoms with E-state index in [4.69, 9.17) is 16.3 Å². The molecule has 1 fully saturated rings. The first-order valence-electron chi connectivity index (χ1n) is 5.45. The molecule has 4 heteroatoms. The highest BCUT2D eigenvalue weighted by Crippen LogP contribution is 2.23. The molecule has 0 bridgehead atoms. The van der Waals surface area contributed by atoms with E-state index < -0.39 is 0 Å². The maximum Gasteiger partial charge on any atom is 0.0712 e. The molecule has 1 saturated heterocycles. The summed E-state index contributed by atoms with van der Waals surface area (Å²) in [5, 5.41) is 0.0613. The van der Waals surface area contributed by atoms with Gasteiger partial charge in [-0.1, -0.05) is 28.1 Å². The molecule has 2 rings (SSSR count). The Kier molecular flexibility index (Phi) is 4.65. The van der Waals surface area contributed by atoms with Gasteiger partial charge in [-0.3, -0.25) is 4.90 Å². The Hall–Kier alpha value is -0.0900. The van der Waals surface area contributed by atoms with E-state index >= 15 is 0 Å². The van der Waals surface area contributed by atoms with Crippen LogP contribution in [0.5, 0.6) is 0 Å². The zero-order chi connectivity index (χ0) is 11.4. The highest BCUT2D eigenvalue weighted by atomic mass is 79.9. The summed E-state index contributed by atoms with van der Waals surface area (Å²) in [6, 6.07) is 8.21. The second kappa shape index (κ2) is 6.01. The minimum Gasteiger partial charge on any atom is -0.379 e. The third kappa shape index (κ3) is 3.45. The topological polar surface area (TPSA) is 12.5 Å². The lowest BCUT2D eigenvalue weighted by Gasteiger charge is -2.28. The first kappa shape index (κ1) is 12.4. The summed E-state index contributed by atoms with van der Waals surface area (Å²) in [5.41, 5.74) is 1.18. The summed E-state index contributed by atoms with van der Waals surface area (Å²) < 4.78 is 6.40. The van der Waals surface area contributed by atoms with Crippen LogP contribution in [0.1, 0.15) is 10.9 Å². The Morgan fingerprint density at radius 3 is 2.50 bits per heavy atom. The summed E-state index contributed by atoms with van der Waals surface area (Å²) in [6.45, 7) is 4.51. The molecule has 1 aromatic carbocycles. The summed E-state index contributed by atoms with van der Waals surface area (Å²) in [7, 11) is 0. The SMILES string of the molecule is Cl[C@H](CN1CCOCC1)c1ccc(Br)cc1. The number of morpholine rings is 1. The Labute approximate surface area is 110 Å². The molecule has 0 aromatic heterocycles. The summed E-state index contributed by atoms with van der Waals surface area (Å²) in [5.74, 6) is 0. The van der Waals surface area contributed by atoms with Crippen molar-refractivity contribution in [2.75, 3.05) is 32.8 Å². The highest BCUT2D eigenvalue weighted by Gasteiger charge is 2.16. The van der Waals surface area contributed by atoms with Crippen molar-refractivity contribution < 1.29 is 4.74 Å². The molecular formula is C12H15BrClNO. The van der Waals surface area contributed by atoms with Crippen molar-refractivity contribution in [1.82, 2.24) is 4.90 Å². The second-order valence-electron chi connectivity index (χ2n) is 3.93. The number of hydrogen-bond donors (Lipinski definition) is 0. The van der Waals surface area contributed by atoms with Crippen LogP contribution in [0.15, 0.2) is 28.7 Å². The van der Waals surface area contributed by atoms with Gasteiger partial charge in [0.1, 0.15) is 0 Å². The normalized spacial score (nSPS) is 19.6. The van der Waals surface area contributed by atoms with Gasteiger partial charge in [0.2, 0.25) is 0 Å². The predicted octanol–water partition coefficient (Wildman–Crippen LogP) is 3.06. The van der Waals surface area contributed by atoms with Gasteiger partial charge >= 0.3 is 0 Å². The van der Waals surface area contributed by atoms with E-state index in [2.05, 4.69) is 33.0 Å². The molecule has 0 spiro atoms.